The smallest absolute Gasteiger partial charge is 0.475 e. The fourth-order valence-electron chi connectivity index (χ4n) is 8.04. The first kappa shape index (κ1) is 52.3. The van der Waals surface area contributed by atoms with E-state index in [2.05, 4.69) is 29.9 Å². The van der Waals surface area contributed by atoms with Crippen molar-refractivity contribution in [3.63, 3.8) is 0 Å². The standard InChI is InChI=1S/C41H52N12O17P2/c1-50-12-8-9-28(25(50)18-54)64-14-7-5-3-4-6-13-63-23-10-11-24(51(2)17-23)39(69-71(59,60)65-19-29-26(55)15-31(67-29)52-21-44-33-35(52)46-40(42)48-37(33)57)70-72(61,62)66-20-30-27(56)16-32(68-30)53-22-45-34-36(53)47-41(43)49-38(34)58/h8-12,17-18,21-22,26-27,29-32,39,55-56H,3-7,13-16,19-20H2,1-2H3,(H6-2,42,43,46,47,48,49,57,58,59,60,61,62)/p+2/t26-,27-,29+,30+,31+,32+/m0/s1. The Labute approximate surface area is 407 Å². The van der Waals surface area contributed by atoms with Gasteiger partial charge in [-0.05, 0) is 25.0 Å². The minimum absolute atomic E-state index is 0.0411. The summed E-state index contributed by atoms with van der Waals surface area (Å²) in [6.45, 7) is -0.687. The second-order valence-corrected chi connectivity index (χ2v) is 19.7. The summed E-state index contributed by atoms with van der Waals surface area (Å²) in [6.07, 6.45) is 1.43. The number of carbonyl (C=O) groups is 1. The molecule has 2 saturated heterocycles. The number of rotatable bonds is 24. The number of aromatic nitrogens is 10. The van der Waals surface area contributed by atoms with Gasteiger partial charge in [0.15, 0.2) is 40.0 Å². The molecule has 2 aliphatic rings. The first-order valence-corrected chi connectivity index (χ1v) is 25.5. The van der Waals surface area contributed by atoms with Gasteiger partial charge in [0.1, 0.15) is 38.8 Å². The monoisotopic (exact) mass is 1050 g/mol. The molecule has 10 N–H and O–H groups in total. The lowest BCUT2D eigenvalue weighted by molar-refractivity contribution is -0.685. The number of unbranched alkanes of at least 4 members (excludes halogenated alkanes) is 4. The molecule has 8 heterocycles. The lowest BCUT2D eigenvalue weighted by Gasteiger charge is -2.23. The number of aliphatic hydroxyl groups is 2. The second-order valence-electron chi connectivity index (χ2n) is 16.8. The van der Waals surface area contributed by atoms with E-state index in [9.17, 15) is 43.5 Å². The number of H-pyrrole nitrogens is 2. The van der Waals surface area contributed by atoms with Crippen molar-refractivity contribution in [2.45, 2.75) is 88.1 Å². The van der Waals surface area contributed by atoms with Gasteiger partial charge in [-0.25, -0.2) is 28.1 Å². The highest BCUT2D eigenvalue weighted by atomic mass is 31.2. The number of aliphatic hydroxyl groups excluding tert-OH is 2. The van der Waals surface area contributed by atoms with Crippen molar-refractivity contribution in [3.8, 4) is 11.5 Å². The van der Waals surface area contributed by atoms with Gasteiger partial charge in [0.2, 0.25) is 30.1 Å². The van der Waals surface area contributed by atoms with Gasteiger partial charge in [-0.1, -0.05) is 19.3 Å². The first-order chi connectivity index (χ1) is 34.4. The third-order valence-electron chi connectivity index (χ3n) is 11.7. The summed E-state index contributed by atoms with van der Waals surface area (Å²) >= 11 is 0. The number of phosphoric acid groups is 2. The van der Waals surface area contributed by atoms with Gasteiger partial charge in [0.25, 0.3) is 23.1 Å². The van der Waals surface area contributed by atoms with Crippen LogP contribution < -0.4 is 41.2 Å². The fourth-order valence-corrected chi connectivity index (χ4v) is 9.68. The maximum atomic E-state index is 13.6. The van der Waals surface area contributed by atoms with Crippen molar-refractivity contribution < 1.29 is 80.1 Å². The Kier molecular flexibility index (Phi) is 16.2. The molecule has 0 radical (unpaired) electrons. The highest BCUT2D eigenvalue weighted by Gasteiger charge is 2.44. The van der Waals surface area contributed by atoms with Crippen LogP contribution in [0.3, 0.4) is 0 Å². The van der Waals surface area contributed by atoms with Crippen LogP contribution in [0.2, 0.25) is 0 Å². The number of carbonyl (C=O) groups excluding carboxylic acids is 1. The van der Waals surface area contributed by atoms with E-state index in [0.717, 1.165) is 32.0 Å². The quantitative estimate of drug-likeness (QED) is 0.0135. The molecular weight excluding hydrogens is 994 g/mol. The number of nitrogens with zero attached hydrogens (tertiary/aromatic N) is 8. The van der Waals surface area contributed by atoms with E-state index in [0.29, 0.717) is 36.8 Å². The molecule has 0 saturated carbocycles. The highest BCUT2D eigenvalue weighted by Crippen LogP contribution is 2.55. The minimum atomic E-state index is -5.29. The second kappa shape index (κ2) is 22.4. The predicted octanol–water partition coefficient (Wildman–Crippen LogP) is 0.550. The van der Waals surface area contributed by atoms with Crippen molar-refractivity contribution in [2.75, 3.05) is 37.9 Å². The molecule has 0 aliphatic carbocycles. The Morgan fingerprint density at radius 3 is 1.82 bits per heavy atom. The molecule has 2 fully saturated rings. The van der Waals surface area contributed by atoms with Crippen LogP contribution in [-0.2, 0) is 50.8 Å². The third-order valence-corrected chi connectivity index (χ3v) is 13.6. The van der Waals surface area contributed by atoms with Crippen LogP contribution in [0.15, 0.2) is 58.9 Å². The van der Waals surface area contributed by atoms with Crippen LogP contribution in [0.1, 0.15) is 79.9 Å². The van der Waals surface area contributed by atoms with E-state index in [4.69, 9.17) is 48.5 Å². The number of pyridine rings is 2. The zero-order valence-electron chi connectivity index (χ0n) is 38.7. The van der Waals surface area contributed by atoms with Gasteiger partial charge in [-0.2, -0.15) is 19.1 Å². The van der Waals surface area contributed by atoms with Gasteiger partial charge < -0.3 is 50.4 Å². The number of phosphoric ester groups is 2. The largest absolute Gasteiger partial charge is 0.487 e. The van der Waals surface area contributed by atoms with Crippen LogP contribution in [0, 0.1) is 0 Å². The fraction of sp³-hybridized carbons (Fsp3) is 0.488. The zero-order valence-corrected chi connectivity index (χ0v) is 40.5. The van der Waals surface area contributed by atoms with Crippen LogP contribution in [0.25, 0.3) is 22.3 Å². The summed E-state index contributed by atoms with van der Waals surface area (Å²) in [7, 11) is -7.32. The van der Waals surface area contributed by atoms with E-state index in [1.54, 1.807) is 29.9 Å². The molecule has 6 aromatic heterocycles. The molecule has 29 nitrogen and oxygen atoms in total. The van der Waals surface area contributed by atoms with Gasteiger partial charge in [-0.3, -0.25) is 42.5 Å². The van der Waals surface area contributed by atoms with Crippen molar-refractivity contribution in [2.24, 2.45) is 14.1 Å². The SMILES string of the molecule is C[n+]1cc(OCCCCCCCOc2ccc[n+](C)c2C=O)ccc1C(OP(=O)(O)OC[C@H]1O[C@@H](n2cnc3c(=O)[nH]c(N)nc32)C[C@@H]1O)OP(=O)(O)OC[C@H]1O[C@@H](n2cnc3c(=O)[nH]c(N)nc32)C[C@@H]1O. The number of hydrogen-bond acceptors (Lipinski definition) is 21. The number of imidazole rings is 2. The predicted molar refractivity (Wildman–Crippen MR) is 245 cm³/mol. The average Bonchev–Trinajstić information content (AvgIpc) is 4.12. The average molecular weight is 1050 g/mol. The minimum Gasteiger partial charge on any atom is -0.487 e. The molecular formula is C41H54N12O17P2+2. The highest BCUT2D eigenvalue weighted by molar-refractivity contribution is 7.48. The van der Waals surface area contributed by atoms with E-state index in [1.807, 2.05) is 0 Å². The number of fused-ring (bicyclic) bond motifs is 2. The van der Waals surface area contributed by atoms with E-state index < -0.39 is 83.1 Å². The maximum absolute atomic E-state index is 13.6. The molecule has 2 aliphatic heterocycles. The molecule has 0 bridgehead atoms. The molecule has 388 valence electrons. The number of anilines is 2. The van der Waals surface area contributed by atoms with E-state index in [-0.39, 0.29) is 52.8 Å². The number of ether oxygens (including phenoxy) is 4. The summed E-state index contributed by atoms with van der Waals surface area (Å²) in [6, 6.07) is 6.39. The molecule has 0 spiro atoms. The number of nitrogens with one attached hydrogen (secondary N) is 2. The summed E-state index contributed by atoms with van der Waals surface area (Å²) in [4.78, 5) is 79.0. The topological polar surface area (TPSA) is 393 Å². The Hall–Kier alpha value is -6.07. The summed E-state index contributed by atoms with van der Waals surface area (Å²) in [5.41, 5.74) is 10.6. The zero-order chi connectivity index (χ0) is 51.3. The van der Waals surface area contributed by atoms with Crippen molar-refractivity contribution >= 4 is 56.2 Å². The van der Waals surface area contributed by atoms with Crippen molar-refractivity contribution in [3.05, 3.63) is 81.4 Å². The third kappa shape index (κ3) is 12.4. The molecule has 31 heteroatoms. The van der Waals surface area contributed by atoms with E-state index in [1.165, 1.54) is 51.7 Å². The van der Waals surface area contributed by atoms with Gasteiger partial charge >= 0.3 is 15.6 Å². The number of aryl methyl sites for hydroxylation is 2. The van der Waals surface area contributed by atoms with E-state index >= 15 is 0 Å². The number of nitrogen functional groups attached to an aromatic ring is 2. The first-order valence-electron chi connectivity index (χ1n) is 22.5. The molecule has 2 unspecified atom stereocenters. The molecule has 6 aromatic rings. The number of aromatic amines is 2. The Morgan fingerprint density at radius 1 is 0.792 bits per heavy atom. The van der Waals surface area contributed by atoms with Crippen molar-refractivity contribution in [1.29, 1.82) is 0 Å². The molecule has 0 aromatic carbocycles. The Bertz CT molecular complexity index is 2970. The van der Waals surface area contributed by atoms with Gasteiger partial charge in [0.05, 0.1) is 51.3 Å². The number of hydrogen-bond donors (Lipinski definition) is 8. The molecule has 8 atom stereocenters. The molecule has 8 rings (SSSR count). The number of aldehydes is 1. The Morgan fingerprint density at radius 2 is 1.31 bits per heavy atom. The molecule has 0 amide bonds. The molecule has 72 heavy (non-hydrogen) atoms. The van der Waals surface area contributed by atoms with Gasteiger partial charge in [-0.15, -0.1) is 0 Å². The number of nitrogens with two attached hydrogens (primary N) is 2. The summed E-state index contributed by atoms with van der Waals surface area (Å²) in [5, 5.41) is 21.7. The van der Waals surface area contributed by atoms with Crippen molar-refractivity contribution in [1.82, 2.24) is 39.0 Å². The lowest BCUT2D eigenvalue weighted by Crippen LogP contribution is -2.36. The lowest BCUT2D eigenvalue weighted by atomic mass is 10.1. The van der Waals surface area contributed by atoms with Crippen LogP contribution in [0.4, 0.5) is 11.9 Å². The van der Waals surface area contributed by atoms with Gasteiger partial charge in [0, 0.05) is 25.0 Å². The maximum Gasteiger partial charge on any atom is 0.475 e. The summed E-state index contributed by atoms with van der Waals surface area (Å²) < 4.78 is 77.8. The normalized spacial score (nSPS) is 22.2. The van der Waals surface area contributed by atoms with Crippen LogP contribution in [-0.4, -0.2) is 116 Å². The summed E-state index contributed by atoms with van der Waals surface area (Å²) in [5.74, 6) is 0.521. The van der Waals surface area contributed by atoms with Crippen LogP contribution >= 0.6 is 15.6 Å². The Balaban J connectivity index is 0.891. The van der Waals surface area contributed by atoms with Crippen LogP contribution in [0.5, 0.6) is 11.5 Å².